The minimum absolute atomic E-state index is 0.0119. The van der Waals surface area contributed by atoms with Crippen molar-refractivity contribution < 1.29 is 4.48 Å². The third kappa shape index (κ3) is 0.968. The minimum atomic E-state index is -0.615. The second-order valence-electron chi connectivity index (χ2n) is 2.57. The molecule has 0 saturated heterocycles. The highest BCUT2D eigenvalue weighted by Gasteiger charge is 2.07. The van der Waals surface area contributed by atoms with Crippen LogP contribution in [0.15, 0.2) is 15.8 Å². The van der Waals surface area contributed by atoms with E-state index in [1.165, 1.54) is 7.05 Å². The average Bonchev–Trinajstić information content (AvgIpc) is 2.42. The third-order valence-electron chi connectivity index (χ3n) is 1.75. The normalized spacial score (nSPS) is 10.9. The summed E-state index contributed by atoms with van der Waals surface area (Å²) in [5.41, 5.74) is -1.23. The van der Waals surface area contributed by atoms with E-state index in [9.17, 15) is 14.1 Å². The highest BCUT2D eigenvalue weighted by molar-refractivity contribution is 5.71. The highest BCUT2D eigenvalue weighted by atomic mass is 19.2. The van der Waals surface area contributed by atoms with E-state index in [1.54, 1.807) is 0 Å². The Bertz CT molecular complexity index is 578. The zero-order valence-corrected chi connectivity index (χ0v) is 6.61. The molecule has 0 aromatic carbocycles. The summed E-state index contributed by atoms with van der Waals surface area (Å²) in [6, 6.07) is 0. The summed E-state index contributed by atoms with van der Waals surface area (Å²) >= 11 is 0. The zero-order chi connectivity index (χ0) is 9.59. The predicted molar refractivity (Wildman–Crippen MR) is 42.1 cm³/mol. The van der Waals surface area contributed by atoms with Crippen LogP contribution in [-0.4, -0.2) is 19.6 Å². The molecule has 2 heterocycles. The van der Waals surface area contributed by atoms with Crippen LogP contribution in [-0.2, 0) is 7.05 Å². The van der Waals surface area contributed by atoms with E-state index < -0.39 is 11.2 Å². The Labute approximate surface area is 70.2 Å². The van der Waals surface area contributed by atoms with Crippen LogP contribution in [0.1, 0.15) is 0 Å². The van der Waals surface area contributed by atoms with Crippen LogP contribution >= 0.6 is 0 Å². The smallest absolute Gasteiger partial charge is 0.290 e. The summed E-state index contributed by atoms with van der Waals surface area (Å²) < 4.78 is 13.4. The van der Waals surface area contributed by atoms with Gasteiger partial charge in [0.25, 0.3) is 5.56 Å². The summed E-state index contributed by atoms with van der Waals surface area (Å²) in [6.07, 6.45) is 0.910. The molecule has 0 bridgehead atoms. The molecule has 2 aromatic rings. The predicted octanol–water partition coefficient (Wildman–Crippen LogP) is -0.844. The van der Waals surface area contributed by atoms with Crippen molar-refractivity contribution in [3.63, 3.8) is 0 Å². The van der Waals surface area contributed by atoms with Gasteiger partial charge in [0.1, 0.15) is 5.39 Å². The number of fused-ring (bicyclic) bond motifs is 1. The van der Waals surface area contributed by atoms with E-state index in [0.717, 1.165) is 10.8 Å². The van der Waals surface area contributed by atoms with Gasteiger partial charge in [-0.25, -0.2) is 4.79 Å². The van der Waals surface area contributed by atoms with E-state index in [4.69, 9.17) is 0 Å². The van der Waals surface area contributed by atoms with E-state index in [2.05, 4.69) is 10.1 Å². The van der Waals surface area contributed by atoms with Crippen molar-refractivity contribution in [1.29, 1.82) is 0 Å². The second kappa shape index (κ2) is 2.28. The van der Waals surface area contributed by atoms with Gasteiger partial charge in [0.15, 0.2) is 5.65 Å². The summed E-state index contributed by atoms with van der Waals surface area (Å²) in [7, 11) is 1.30. The molecule has 0 atom stereocenters. The number of hydrogen-bond donors (Lipinski definition) is 1. The Morgan fingerprint density at radius 1 is 1.54 bits per heavy atom. The van der Waals surface area contributed by atoms with Crippen molar-refractivity contribution in [3.8, 4) is 0 Å². The lowest BCUT2D eigenvalue weighted by Crippen LogP contribution is -2.31. The maximum absolute atomic E-state index is 12.5. The number of aromatic nitrogens is 4. The zero-order valence-electron chi connectivity index (χ0n) is 6.61. The Morgan fingerprint density at radius 2 is 2.23 bits per heavy atom. The van der Waals surface area contributed by atoms with E-state index in [-0.39, 0.29) is 15.9 Å². The molecule has 7 heteroatoms. The molecule has 1 N–H and O–H groups in total. The van der Waals surface area contributed by atoms with Crippen molar-refractivity contribution >= 4 is 11.0 Å². The Kier molecular flexibility index (Phi) is 1.35. The first kappa shape index (κ1) is 7.71. The van der Waals surface area contributed by atoms with Crippen LogP contribution in [0.4, 0.5) is 4.48 Å². The van der Waals surface area contributed by atoms with Gasteiger partial charge in [0.2, 0.25) is 0 Å². The Hall–Kier alpha value is -1.92. The van der Waals surface area contributed by atoms with Crippen LogP contribution in [0.5, 0.6) is 0 Å². The largest absolute Gasteiger partial charge is 0.329 e. The van der Waals surface area contributed by atoms with Crippen LogP contribution < -0.4 is 11.2 Å². The number of nitrogens with one attached hydrogen (secondary N) is 1. The summed E-state index contributed by atoms with van der Waals surface area (Å²) in [5, 5.41) is 3.30. The molecule has 6 nitrogen and oxygen atoms in total. The Morgan fingerprint density at radius 3 is 2.92 bits per heavy atom. The van der Waals surface area contributed by atoms with Crippen molar-refractivity contribution in [2.45, 2.75) is 0 Å². The molecule has 0 saturated carbocycles. The topological polar surface area (TPSA) is 72.7 Å². The minimum Gasteiger partial charge on any atom is -0.290 e. The quantitative estimate of drug-likeness (QED) is 0.580. The first-order valence-electron chi connectivity index (χ1n) is 3.44. The van der Waals surface area contributed by atoms with Crippen LogP contribution in [0.2, 0.25) is 0 Å². The van der Waals surface area contributed by atoms with Gasteiger partial charge in [-0.1, -0.05) is 4.48 Å². The lowest BCUT2D eigenvalue weighted by atomic mass is 10.4. The molecule has 0 fully saturated rings. The maximum atomic E-state index is 12.5. The number of aromatic amines is 1. The molecular weight excluding hydrogens is 179 g/mol. The molecule has 0 radical (unpaired) electrons. The van der Waals surface area contributed by atoms with Crippen molar-refractivity contribution in [2.75, 3.05) is 0 Å². The fourth-order valence-corrected chi connectivity index (χ4v) is 1.05. The van der Waals surface area contributed by atoms with E-state index in [1.807, 2.05) is 0 Å². The van der Waals surface area contributed by atoms with Crippen molar-refractivity contribution in [3.05, 3.63) is 27.0 Å². The number of nitrogens with zero attached hydrogens (tertiary/aromatic N) is 3. The lowest BCUT2D eigenvalue weighted by molar-refractivity contribution is 0.319. The van der Waals surface area contributed by atoms with Gasteiger partial charge in [-0.05, 0) is 0 Å². The summed E-state index contributed by atoms with van der Waals surface area (Å²) in [6.45, 7) is 0. The SMILES string of the molecule is Cn1c(=O)[nH]c2nn(F)cc2c1=O. The van der Waals surface area contributed by atoms with Gasteiger partial charge in [0, 0.05) is 7.05 Å². The monoisotopic (exact) mass is 184 g/mol. The van der Waals surface area contributed by atoms with Crippen LogP contribution in [0.25, 0.3) is 11.0 Å². The summed E-state index contributed by atoms with van der Waals surface area (Å²) in [4.78, 5) is 24.5. The lowest BCUT2D eigenvalue weighted by Gasteiger charge is -1.92. The van der Waals surface area contributed by atoms with Crippen LogP contribution in [0.3, 0.4) is 0 Å². The molecule has 2 aromatic heterocycles. The summed E-state index contributed by atoms with van der Waals surface area (Å²) in [5.74, 6) is 0. The first-order valence-corrected chi connectivity index (χ1v) is 3.44. The standard InChI is InChI=1S/C6H5FN4O2/c1-10-5(12)3-2-11(7)9-4(3)8-6(10)13/h2H,1H3,(H,8,9,13). The molecule has 68 valence electrons. The van der Waals surface area contributed by atoms with E-state index in [0.29, 0.717) is 0 Å². The fraction of sp³-hybridized carbons (Fsp3) is 0.167. The third-order valence-corrected chi connectivity index (χ3v) is 1.75. The molecule has 0 spiro atoms. The first-order chi connectivity index (χ1) is 6.09. The molecule has 0 amide bonds. The van der Waals surface area contributed by atoms with Gasteiger partial charge < -0.3 is 0 Å². The molecule has 0 aliphatic heterocycles. The molecule has 0 unspecified atom stereocenters. The number of rotatable bonds is 0. The van der Waals surface area contributed by atoms with Gasteiger partial charge in [0.05, 0.1) is 6.20 Å². The molecule has 0 aliphatic rings. The molecule has 0 aliphatic carbocycles. The molecular formula is C6H5FN4O2. The maximum Gasteiger partial charge on any atom is 0.329 e. The number of halogens is 1. The van der Waals surface area contributed by atoms with Crippen LogP contribution in [0, 0.1) is 0 Å². The Balaban J connectivity index is 3.10. The highest BCUT2D eigenvalue weighted by Crippen LogP contribution is 2.00. The second-order valence-corrected chi connectivity index (χ2v) is 2.57. The van der Waals surface area contributed by atoms with Crippen molar-refractivity contribution in [1.82, 2.24) is 19.6 Å². The van der Waals surface area contributed by atoms with Gasteiger partial charge in [-0.3, -0.25) is 14.3 Å². The fourth-order valence-electron chi connectivity index (χ4n) is 1.05. The van der Waals surface area contributed by atoms with Gasteiger partial charge in [-0.15, -0.1) is 10.0 Å². The van der Waals surface area contributed by atoms with Crippen molar-refractivity contribution in [2.24, 2.45) is 7.05 Å². The van der Waals surface area contributed by atoms with Gasteiger partial charge >= 0.3 is 5.69 Å². The molecule has 2 rings (SSSR count). The molecule has 13 heavy (non-hydrogen) atoms. The van der Waals surface area contributed by atoms with Gasteiger partial charge in [-0.2, -0.15) is 0 Å². The number of hydrogen-bond acceptors (Lipinski definition) is 3. The van der Waals surface area contributed by atoms with E-state index >= 15 is 0 Å². The average molecular weight is 184 g/mol. The number of H-pyrrole nitrogens is 1.